The van der Waals surface area contributed by atoms with Crippen LogP contribution in [0.5, 0.6) is 0 Å². The summed E-state index contributed by atoms with van der Waals surface area (Å²) in [5.74, 6) is -3.26. The minimum absolute atomic E-state index is 0.0396. The van der Waals surface area contributed by atoms with Crippen molar-refractivity contribution in [3.8, 4) is 0 Å². The Morgan fingerprint density at radius 3 is 2.33 bits per heavy atom. The summed E-state index contributed by atoms with van der Waals surface area (Å²) < 4.78 is 39.7. The molecule has 2 fully saturated rings. The van der Waals surface area contributed by atoms with Gasteiger partial charge < -0.3 is 0 Å². The zero-order chi connectivity index (χ0) is 15.0. The Hall–Kier alpha value is -0.970. The fourth-order valence-corrected chi connectivity index (χ4v) is 5.19. The van der Waals surface area contributed by atoms with E-state index in [-0.39, 0.29) is 23.7 Å². The number of benzene rings is 1. The van der Waals surface area contributed by atoms with E-state index in [1.165, 1.54) is 6.42 Å². The molecule has 0 spiro atoms. The lowest BCUT2D eigenvalue weighted by Crippen LogP contribution is -2.33. The molecule has 0 N–H and O–H groups in total. The van der Waals surface area contributed by atoms with Crippen LogP contribution in [-0.2, 0) is 11.2 Å². The minimum atomic E-state index is -1.22. The van der Waals surface area contributed by atoms with Gasteiger partial charge in [-0.05, 0) is 37.3 Å². The van der Waals surface area contributed by atoms with Gasteiger partial charge >= 0.3 is 0 Å². The van der Waals surface area contributed by atoms with Gasteiger partial charge in [0, 0.05) is 28.9 Å². The van der Waals surface area contributed by atoms with Gasteiger partial charge in [-0.2, -0.15) is 11.8 Å². The van der Waals surface area contributed by atoms with Crippen molar-refractivity contribution in [2.75, 3.05) is 0 Å². The molecule has 0 amide bonds. The van der Waals surface area contributed by atoms with Gasteiger partial charge in [-0.25, -0.2) is 13.2 Å². The van der Waals surface area contributed by atoms with Crippen LogP contribution >= 0.6 is 11.8 Å². The number of fused-ring (bicyclic) bond motifs is 2. The molecule has 5 heteroatoms. The Bertz CT molecular complexity index is 549. The topological polar surface area (TPSA) is 17.1 Å². The highest BCUT2D eigenvalue weighted by Crippen LogP contribution is 2.44. The minimum Gasteiger partial charge on any atom is -0.299 e. The monoisotopic (exact) mass is 314 g/mol. The molecule has 1 aromatic rings. The fraction of sp³-hybridized carbons (Fsp3) is 0.562. The quantitative estimate of drug-likeness (QED) is 0.775. The Morgan fingerprint density at radius 1 is 1.05 bits per heavy atom. The zero-order valence-corrected chi connectivity index (χ0v) is 12.4. The summed E-state index contributed by atoms with van der Waals surface area (Å²) in [5.41, 5.74) is -0.0396. The van der Waals surface area contributed by atoms with E-state index in [2.05, 4.69) is 0 Å². The van der Waals surface area contributed by atoms with Crippen molar-refractivity contribution in [1.29, 1.82) is 0 Å². The van der Waals surface area contributed by atoms with Crippen molar-refractivity contribution in [2.45, 2.75) is 49.0 Å². The SMILES string of the molecule is O=C(Cc1cc(F)c(F)cc1F)C1CC2CCCC(C1)S2. The van der Waals surface area contributed by atoms with E-state index in [1.54, 1.807) is 0 Å². The Labute approximate surface area is 126 Å². The van der Waals surface area contributed by atoms with Crippen LogP contribution in [0.25, 0.3) is 0 Å². The smallest absolute Gasteiger partial charge is 0.161 e. The average molecular weight is 314 g/mol. The first-order valence-corrected chi connectivity index (χ1v) is 8.29. The molecule has 0 aromatic heterocycles. The lowest BCUT2D eigenvalue weighted by molar-refractivity contribution is -0.122. The van der Waals surface area contributed by atoms with E-state index < -0.39 is 17.5 Å². The van der Waals surface area contributed by atoms with Crippen molar-refractivity contribution < 1.29 is 18.0 Å². The summed E-state index contributed by atoms with van der Waals surface area (Å²) in [4.78, 5) is 12.4. The van der Waals surface area contributed by atoms with Gasteiger partial charge in [-0.3, -0.25) is 4.79 Å². The number of thioether (sulfide) groups is 1. The van der Waals surface area contributed by atoms with Gasteiger partial charge in [-0.1, -0.05) is 6.42 Å². The maximum atomic E-state index is 13.6. The molecule has 2 heterocycles. The Balaban J connectivity index is 1.70. The van der Waals surface area contributed by atoms with Crippen LogP contribution in [-0.4, -0.2) is 16.3 Å². The maximum Gasteiger partial charge on any atom is 0.161 e. The molecule has 0 aliphatic carbocycles. The van der Waals surface area contributed by atoms with E-state index in [0.29, 0.717) is 16.6 Å². The third-order valence-corrected chi connectivity index (χ3v) is 6.07. The van der Waals surface area contributed by atoms with E-state index in [9.17, 15) is 18.0 Å². The predicted molar refractivity (Wildman–Crippen MR) is 76.8 cm³/mol. The highest BCUT2D eigenvalue weighted by Gasteiger charge is 2.35. The standard InChI is InChI=1S/C16H17F3OS/c17-13-8-15(19)14(18)6-9(13)7-16(20)10-4-11-2-1-3-12(5-10)21-11/h6,8,10-12H,1-5,7H2. The number of hydrogen-bond acceptors (Lipinski definition) is 2. The molecule has 0 saturated carbocycles. The van der Waals surface area contributed by atoms with E-state index >= 15 is 0 Å². The van der Waals surface area contributed by atoms with E-state index in [1.807, 2.05) is 11.8 Å². The zero-order valence-electron chi connectivity index (χ0n) is 11.6. The summed E-state index contributed by atoms with van der Waals surface area (Å²) in [6.45, 7) is 0. The van der Waals surface area contributed by atoms with Crippen molar-refractivity contribution in [1.82, 2.24) is 0 Å². The van der Waals surface area contributed by atoms with Crippen LogP contribution < -0.4 is 0 Å². The molecule has 0 radical (unpaired) electrons. The van der Waals surface area contributed by atoms with Gasteiger partial charge in [0.1, 0.15) is 11.6 Å². The fourth-order valence-electron chi connectivity index (χ4n) is 3.35. The molecule has 2 atom stereocenters. The van der Waals surface area contributed by atoms with Crippen molar-refractivity contribution >= 4 is 17.5 Å². The van der Waals surface area contributed by atoms with Gasteiger partial charge in [0.15, 0.2) is 11.6 Å². The number of ketones is 1. The van der Waals surface area contributed by atoms with Gasteiger partial charge in [-0.15, -0.1) is 0 Å². The van der Waals surface area contributed by atoms with Crippen LogP contribution in [0.4, 0.5) is 13.2 Å². The molecule has 114 valence electrons. The largest absolute Gasteiger partial charge is 0.299 e. The number of rotatable bonds is 3. The Morgan fingerprint density at radius 2 is 1.67 bits per heavy atom. The van der Waals surface area contributed by atoms with Crippen LogP contribution in [0.1, 0.15) is 37.7 Å². The summed E-state index contributed by atoms with van der Waals surface area (Å²) in [7, 11) is 0. The highest BCUT2D eigenvalue weighted by atomic mass is 32.2. The lowest BCUT2D eigenvalue weighted by Gasteiger charge is -2.38. The Kier molecular flexibility index (Phi) is 4.29. The highest BCUT2D eigenvalue weighted by molar-refractivity contribution is 8.00. The first-order chi connectivity index (χ1) is 10.0. The molecule has 2 bridgehead atoms. The molecule has 2 aliphatic heterocycles. The van der Waals surface area contributed by atoms with Crippen molar-refractivity contribution in [3.05, 3.63) is 35.1 Å². The summed E-state index contributed by atoms with van der Waals surface area (Å²) in [6.07, 6.45) is 5.05. The van der Waals surface area contributed by atoms with Crippen molar-refractivity contribution in [3.63, 3.8) is 0 Å². The molecule has 1 aromatic carbocycles. The first-order valence-electron chi connectivity index (χ1n) is 7.34. The predicted octanol–water partition coefficient (Wildman–Crippen LogP) is 4.28. The number of halogens is 3. The number of carbonyl (C=O) groups is 1. The third kappa shape index (κ3) is 3.28. The van der Waals surface area contributed by atoms with Gasteiger partial charge in [0.05, 0.1) is 0 Å². The maximum absolute atomic E-state index is 13.6. The first kappa shape index (κ1) is 14.9. The third-order valence-electron chi connectivity index (χ3n) is 4.44. The van der Waals surface area contributed by atoms with E-state index in [0.717, 1.165) is 31.7 Å². The van der Waals surface area contributed by atoms with Crippen LogP contribution in [0.3, 0.4) is 0 Å². The summed E-state index contributed by atoms with van der Waals surface area (Å²) >= 11 is 1.97. The normalized spacial score (nSPS) is 28.4. The number of carbonyl (C=O) groups excluding carboxylic acids is 1. The molecular formula is C16H17F3OS. The molecule has 2 aliphatic rings. The second-order valence-electron chi connectivity index (χ2n) is 5.98. The summed E-state index contributed by atoms with van der Waals surface area (Å²) in [5, 5.41) is 1.06. The molecule has 21 heavy (non-hydrogen) atoms. The summed E-state index contributed by atoms with van der Waals surface area (Å²) in [6, 6.07) is 1.32. The second-order valence-corrected chi connectivity index (χ2v) is 7.59. The average Bonchev–Trinajstić information content (AvgIpc) is 2.44. The van der Waals surface area contributed by atoms with Crippen molar-refractivity contribution in [2.24, 2.45) is 5.92 Å². The van der Waals surface area contributed by atoms with Crippen LogP contribution in [0.2, 0.25) is 0 Å². The van der Waals surface area contributed by atoms with Gasteiger partial charge in [0.25, 0.3) is 0 Å². The van der Waals surface area contributed by atoms with Crippen LogP contribution in [0, 0.1) is 23.4 Å². The number of hydrogen-bond donors (Lipinski definition) is 0. The lowest BCUT2D eigenvalue weighted by atomic mass is 9.84. The van der Waals surface area contributed by atoms with Crippen LogP contribution in [0.15, 0.2) is 12.1 Å². The molecule has 2 unspecified atom stereocenters. The molecule has 1 nitrogen and oxygen atoms in total. The molecular weight excluding hydrogens is 297 g/mol. The molecule has 2 saturated heterocycles. The molecule has 3 rings (SSSR count). The number of Topliss-reactive ketones (excluding diaryl/α,β-unsaturated/α-hetero) is 1. The van der Waals surface area contributed by atoms with E-state index in [4.69, 9.17) is 0 Å². The van der Waals surface area contributed by atoms with Gasteiger partial charge in [0.2, 0.25) is 0 Å². The second kappa shape index (κ2) is 6.03.